The van der Waals surface area contributed by atoms with Gasteiger partial charge in [0.05, 0.1) is 22.5 Å². The molecule has 1 amide bonds. The minimum absolute atomic E-state index is 0.138. The van der Waals surface area contributed by atoms with Gasteiger partial charge in [0.2, 0.25) is 5.91 Å². The number of aryl methyl sites for hydroxylation is 2. The van der Waals surface area contributed by atoms with Crippen molar-refractivity contribution >= 4 is 21.8 Å². The smallest absolute Gasteiger partial charge is 0.244 e. The number of ether oxygens (including phenoxy) is 1. The second kappa shape index (κ2) is 4.82. The summed E-state index contributed by atoms with van der Waals surface area (Å²) in [7, 11) is 3.56. The van der Waals surface area contributed by atoms with Crippen molar-refractivity contribution in [3.05, 3.63) is 15.9 Å². The van der Waals surface area contributed by atoms with Crippen LogP contribution in [0.3, 0.4) is 0 Å². The molecule has 7 heteroatoms. The zero-order valence-electron chi connectivity index (χ0n) is 11.9. The first kappa shape index (κ1) is 14.0. The fourth-order valence-corrected chi connectivity index (χ4v) is 3.41. The summed E-state index contributed by atoms with van der Waals surface area (Å²) in [6.07, 6.45) is 1.70. The number of hydrogen-bond acceptors (Lipinski definition) is 4. The topological polar surface area (TPSA) is 59.4 Å². The maximum atomic E-state index is 12.6. The molecule has 1 aliphatic carbocycles. The third-order valence-corrected chi connectivity index (χ3v) is 5.11. The van der Waals surface area contributed by atoms with Crippen LogP contribution in [-0.4, -0.2) is 46.4 Å². The largest absolute Gasteiger partial charge is 0.383 e. The summed E-state index contributed by atoms with van der Waals surface area (Å²) < 4.78 is 7.94. The number of nitrogens with zero attached hydrogens (tertiary/aromatic N) is 3. The van der Waals surface area contributed by atoms with E-state index in [2.05, 4.69) is 26.3 Å². The van der Waals surface area contributed by atoms with E-state index in [0.29, 0.717) is 13.2 Å². The first-order valence-corrected chi connectivity index (χ1v) is 7.56. The highest BCUT2D eigenvalue weighted by Gasteiger charge is 2.59. The Morgan fingerprint density at radius 3 is 2.75 bits per heavy atom. The van der Waals surface area contributed by atoms with E-state index in [-0.39, 0.29) is 17.6 Å². The lowest BCUT2D eigenvalue weighted by Crippen LogP contribution is -2.35. The van der Waals surface area contributed by atoms with E-state index in [0.717, 1.165) is 28.7 Å². The van der Waals surface area contributed by atoms with E-state index in [4.69, 9.17) is 4.74 Å². The lowest BCUT2D eigenvalue weighted by atomic mass is 10.3. The third-order valence-electron chi connectivity index (χ3n) is 4.13. The van der Waals surface area contributed by atoms with Gasteiger partial charge in [-0.3, -0.25) is 14.8 Å². The molecule has 0 aromatic carbocycles. The van der Waals surface area contributed by atoms with Crippen molar-refractivity contribution in [3.63, 3.8) is 0 Å². The highest BCUT2D eigenvalue weighted by molar-refractivity contribution is 9.10. The van der Waals surface area contributed by atoms with Gasteiger partial charge in [0.25, 0.3) is 0 Å². The maximum Gasteiger partial charge on any atom is 0.244 e. The fourth-order valence-electron chi connectivity index (χ4n) is 2.86. The highest BCUT2D eigenvalue weighted by Crippen LogP contribution is 2.46. The Morgan fingerprint density at radius 2 is 2.25 bits per heavy atom. The summed E-state index contributed by atoms with van der Waals surface area (Å²) in [6.45, 7) is 3.08. The van der Waals surface area contributed by atoms with Crippen LogP contribution in [0.25, 0.3) is 0 Å². The van der Waals surface area contributed by atoms with E-state index in [9.17, 15) is 4.79 Å². The summed E-state index contributed by atoms with van der Waals surface area (Å²) in [5, 5.41) is 7.92. The molecular weight excluding hydrogens is 324 g/mol. The lowest BCUT2D eigenvalue weighted by molar-refractivity contribution is -0.131. The molecule has 2 fully saturated rings. The Morgan fingerprint density at radius 1 is 1.55 bits per heavy atom. The van der Waals surface area contributed by atoms with Crippen molar-refractivity contribution in [2.24, 2.45) is 7.05 Å². The molecule has 1 aromatic rings. The molecule has 1 N–H and O–H groups in total. The van der Waals surface area contributed by atoms with Crippen molar-refractivity contribution in [2.45, 2.75) is 31.5 Å². The molecule has 2 aliphatic rings. The van der Waals surface area contributed by atoms with Crippen molar-refractivity contribution < 1.29 is 9.53 Å². The molecule has 1 atom stereocenters. The molecule has 1 saturated carbocycles. The summed E-state index contributed by atoms with van der Waals surface area (Å²) >= 11 is 3.59. The zero-order valence-corrected chi connectivity index (χ0v) is 13.5. The maximum absolute atomic E-state index is 12.6. The van der Waals surface area contributed by atoms with Gasteiger partial charge in [0.15, 0.2) is 0 Å². The van der Waals surface area contributed by atoms with Gasteiger partial charge in [0.1, 0.15) is 11.7 Å². The van der Waals surface area contributed by atoms with E-state index in [1.165, 1.54) is 0 Å². The van der Waals surface area contributed by atoms with Crippen LogP contribution in [0, 0.1) is 6.92 Å². The summed E-state index contributed by atoms with van der Waals surface area (Å²) in [5.74, 6) is 0.185. The van der Waals surface area contributed by atoms with E-state index >= 15 is 0 Å². The summed E-state index contributed by atoms with van der Waals surface area (Å²) in [5.41, 5.74) is 1.59. The van der Waals surface area contributed by atoms with Crippen LogP contribution in [0.15, 0.2) is 4.47 Å². The molecule has 1 aromatic heterocycles. The third kappa shape index (κ3) is 1.99. The number of carbonyl (C=O) groups is 1. The Bertz CT molecular complexity index is 553. The van der Waals surface area contributed by atoms with Crippen LogP contribution < -0.4 is 5.32 Å². The SMILES string of the molecule is COCCN1C(=O)C2(CC2)NC1c1c(Br)c(C)nn1C. The predicted molar refractivity (Wildman–Crippen MR) is 77.1 cm³/mol. The molecule has 1 saturated heterocycles. The molecular formula is C13H19BrN4O2. The molecule has 1 unspecified atom stereocenters. The average molecular weight is 343 g/mol. The summed E-state index contributed by atoms with van der Waals surface area (Å²) in [4.78, 5) is 14.4. The molecule has 0 bridgehead atoms. The van der Waals surface area contributed by atoms with Gasteiger partial charge in [-0.15, -0.1) is 0 Å². The Kier molecular flexibility index (Phi) is 3.38. The molecule has 1 spiro atoms. The lowest BCUT2D eigenvalue weighted by Gasteiger charge is -2.24. The van der Waals surface area contributed by atoms with Gasteiger partial charge in [-0.2, -0.15) is 5.10 Å². The van der Waals surface area contributed by atoms with Gasteiger partial charge < -0.3 is 9.64 Å². The Balaban J connectivity index is 1.95. The number of hydrogen-bond donors (Lipinski definition) is 1. The number of methoxy groups -OCH3 is 1. The molecule has 110 valence electrons. The Labute approximate surface area is 126 Å². The molecule has 0 radical (unpaired) electrons. The van der Waals surface area contributed by atoms with Gasteiger partial charge in [-0.25, -0.2) is 0 Å². The van der Waals surface area contributed by atoms with Crippen LogP contribution in [0.2, 0.25) is 0 Å². The van der Waals surface area contributed by atoms with Crippen LogP contribution >= 0.6 is 15.9 Å². The van der Waals surface area contributed by atoms with E-state index in [1.54, 1.807) is 7.11 Å². The minimum atomic E-state index is -0.337. The molecule has 6 nitrogen and oxygen atoms in total. The number of nitrogens with one attached hydrogen (secondary N) is 1. The zero-order chi connectivity index (χ0) is 14.5. The predicted octanol–water partition coefficient (Wildman–Crippen LogP) is 1.10. The quantitative estimate of drug-likeness (QED) is 0.890. The minimum Gasteiger partial charge on any atom is -0.383 e. The van der Waals surface area contributed by atoms with Crippen LogP contribution in [0.5, 0.6) is 0 Å². The number of halogens is 1. The van der Waals surface area contributed by atoms with Crippen molar-refractivity contribution in [1.29, 1.82) is 0 Å². The van der Waals surface area contributed by atoms with Crippen molar-refractivity contribution in [3.8, 4) is 0 Å². The van der Waals surface area contributed by atoms with E-state index < -0.39 is 0 Å². The van der Waals surface area contributed by atoms with Crippen LogP contribution in [0.1, 0.15) is 30.4 Å². The van der Waals surface area contributed by atoms with Gasteiger partial charge in [0, 0.05) is 20.7 Å². The first-order valence-electron chi connectivity index (χ1n) is 6.77. The number of amides is 1. The first-order chi connectivity index (χ1) is 9.50. The molecule has 1 aliphatic heterocycles. The van der Waals surface area contributed by atoms with Crippen molar-refractivity contribution in [1.82, 2.24) is 20.0 Å². The van der Waals surface area contributed by atoms with Crippen LogP contribution in [-0.2, 0) is 16.6 Å². The highest BCUT2D eigenvalue weighted by atomic mass is 79.9. The van der Waals surface area contributed by atoms with Gasteiger partial charge >= 0.3 is 0 Å². The molecule has 20 heavy (non-hydrogen) atoms. The van der Waals surface area contributed by atoms with Crippen molar-refractivity contribution in [2.75, 3.05) is 20.3 Å². The monoisotopic (exact) mass is 342 g/mol. The number of rotatable bonds is 4. The second-order valence-electron chi connectivity index (χ2n) is 5.53. The van der Waals surface area contributed by atoms with E-state index in [1.807, 2.05) is 23.6 Å². The van der Waals surface area contributed by atoms with Crippen LogP contribution in [0.4, 0.5) is 0 Å². The normalized spacial score (nSPS) is 23.9. The standard InChI is InChI=1S/C13H19BrN4O2/c1-8-9(14)10(17(2)16-8)11-15-13(4-5-13)12(19)18(11)6-7-20-3/h11,15H,4-7H2,1-3H3. The molecule has 2 heterocycles. The average Bonchev–Trinajstić information content (AvgIpc) is 3.07. The van der Waals surface area contributed by atoms with Gasteiger partial charge in [-0.1, -0.05) is 0 Å². The number of aromatic nitrogens is 2. The van der Waals surface area contributed by atoms with Gasteiger partial charge in [-0.05, 0) is 35.7 Å². The molecule has 3 rings (SSSR count). The number of carbonyl (C=O) groups excluding carboxylic acids is 1. The fraction of sp³-hybridized carbons (Fsp3) is 0.692. The Hall–Kier alpha value is -0.920. The second-order valence-corrected chi connectivity index (χ2v) is 6.32. The summed E-state index contributed by atoms with van der Waals surface area (Å²) in [6, 6.07) is 0.